The number of thiazole rings is 1. The second-order valence-electron chi connectivity index (χ2n) is 4.26. The molecule has 1 N–H and O–H groups in total. The minimum Gasteiger partial charge on any atom is -0.493 e. The Morgan fingerprint density at radius 2 is 2.26 bits per heavy atom. The van der Waals surface area contributed by atoms with E-state index in [2.05, 4.69) is 22.2 Å². The van der Waals surface area contributed by atoms with E-state index in [1.165, 1.54) is 4.88 Å². The molecule has 0 spiro atoms. The molecule has 4 nitrogen and oxygen atoms in total. The second-order valence-corrected chi connectivity index (χ2v) is 5.20. The Hall–Kier alpha value is -1.62. The molecule has 0 aliphatic rings. The van der Waals surface area contributed by atoms with Crippen LogP contribution in [0.5, 0.6) is 5.75 Å². The molecule has 5 heteroatoms. The SMILES string of the molecule is CCCNc1cc(OCCc2scnc2C)ccn1. The number of hydrogen-bond acceptors (Lipinski definition) is 5. The fraction of sp³-hybridized carbons (Fsp3) is 0.429. The molecule has 0 bridgehead atoms. The van der Waals surface area contributed by atoms with Gasteiger partial charge in [0.25, 0.3) is 0 Å². The maximum Gasteiger partial charge on any atom is 0.129 e. The first-order valence-corrected chi connectivity index (χ1v) is 7.39. The molecule has 0 aromatic carbocycles. The fourth-order valence-corrected chi connectivity index (χ4v) is 2.44. The van der Waals surface area contributed by atoms with Gasteiger partial charge in [0.2, 0.25) is 0 Å². The summed E-state index contributed by atoms with van der Waals surface area (Å²) in [6, 6.07) is 3.83. The van der Waals surface area contributed by atoms with Gasteiger partial charge in [-0.3, -0.25) is 0 Å². The van der Waals surface area contributed by atoms with Crippen LogP contribution in [0.2, 0.25) is 0 Å². The normalized spacial score (nSPS) is 10.4. The zero-order valence-corrected chi connectivity index (χ0v) is 12.2. The van der Waals surface area contributed by atoms with Crippen LogP contribution in [0, 0.1) is 6.92 Å². The van der Waals surface area contributed by atoms with Crippen molar-refractivity contribution in [2.45, 2.75) is 26.7 Å². The van der Waals surface area contributed by atoms with E-state index in [0.29, 0.717) is 6.61 Å². The first-order chi connectivity index (χ1) is 9.29. The van der Waals surface area contributed by atoms with Crippen molar-refractivity contribution < 1.29 is 4.74 Å². The lowest BCUT2D eigenvalue weighted by molar-refractivity contribution is 0.322. The third kappa shape index (κ3) is 4.21. The standard InChI is InChI=1S/C14H19N3OS/c1-3-6-15-14-9-12(4-7-16-14)18-8-5-13-11(2)17-10-19-13/h4,7,9-10H,3,5-6,8H2,1-2H3,(H,15,16). The van der Waals surface area contributed by atoms with Gasteiger partial charge in [-0.2, -0.15) is 0 Å². The van der Waals surface area contributed by atoms with Crippen molar-refractivity contribution in [3.63, 3.8) is 0 Å². The van der Waals surface area contributed by atoms with Crippen LogP contribution in [-0.2, 0) is 6.42 Å². The van der Waals surface area contributed by atoms with Crippen molar-refractivity contribution >= 4 is 17.2 Å². The van der Waals surface area contributed by atoms with E-state index in [1.54, 1.807) is 17.5 Å². The van der Waals surface area contributed by atoms with Crippen LogP contribution in [0.15, 0.2) is 23.8 Å². The Kier molecular flexibility index (Phi) is 5.15. The second kappa shape index (κ2) is 7.09. The summed E-state index contributed by atoms with van der Waals surface area (Å²) in [6.07, 6.45) is 3.75. The van der Waals surface area contributed by atoms with Gasteiger partial charge in [-0.05, 0) is 19.4 Å². The first-order valence-electron chi connectivity index (χ1n) is 6.51. The Bertz CT molecular complexity index is 513. The maximum atomic E-state index is 5.75. The van der Waals surface area contributed by atoms with E-state index in [1.807, 2.05) is 24.6 Å². The topological polar surface area (TPSA) is 47.0 Å². The molecule has 0 saturated heterocycles. The zero-order valence-electron chi connectivity index (χ0n) is 11.3. The fourth-order valence-electron chi connectivity index (χ4n) is 1.68. The van der Waals surface area contributed by atoms with Crippen LogP contribution in [0.3, 0.4) is 0 Å². The minimum absolute atomic E-state index is 0.667. The van der Waals surface area contributed by atoms with E-state index in [0.717, 1.165) is 36.6 Å². The summed E-state index contributed by atoms with van der Waals surface area (Å²) in [6.45, 7) is 5.76. The van der Waals surface area contributed by atoms with Gasteiger partial charge in [-0.15, -0.1) is 11.3 Å². The van der Waals surface area contributed by atoms with Crippen molar-refractivity contribution in [3.05, 3.63) is 34.4 Å². The molecule has 0 atom stereocenters. The molecule has 2 aromatic heterocycles. The monoisotopic (exact) mass is 277 g/mol. The lowest BCUT2D eigenvalue weighted by atomic mass is 10.3. The van der Waals surface area contributed by atoms with Crippen molar-refractivity contribution in [2.24, 2.45) is 0 Å². The zero-order chi connectivity index (χ0) is 13.5. The molecule has 0 aliphatic carbocycles. The summed E-state index contributed by atoms with van der Waals surface area (Å²) in [5.74, 6) is 1.73. The minimum atomic E-state index is 0.667. The Morgan fingerprint density at radius 3 is 3.00 bits per heavy atom. The highest BCUT2D eigenvalue weighted by atomic mass is 32.1. The molecule has 19 heavy (non-hydrogen) atoms. The molecule has 0 unspecified atom stereocenters. The molecule has 0 aliphatic heterocycles. The summed E-state index contributed by atoms with van der Waals surface area (Å²) in [5, 5.41) is 3.25. The third-order valence-electron chi connectivity index (χ3n) is 2.73. The van der Waals surface area contributed by atoms with Gasteiger partial charge >= 0.3 is 0 Å². The van der Waals surface area contributed by atoms with Gasteiger partial charge < -0.3 is 10.1 Å². The van der Waals surface area contributed by atoms with Crippen LogP contribution >= 0.6 is 11.3 Å². The smallest absolute Gasteiger partial charge is 0.129 e. The summed E-state index contributed by atoms with van der Waals surface area (Å²) in [7, 11) is 0. The molecular weight excluding hydrogens is 258 g/mol. The van der Waals surface area contributed by atoms with Crippen LogP contribution in [0.4, 0.5) is 5.82 Å². The molecular formula is C14H19N3OS. The molecule has 2 heterocycles. The van der Waals surface area contributed by atoms with Crippen LogP contribution < -0.4 is 10.1 Å². The predicted octanol–water partition coefficient (Wildman–Crippen LogP) is 3.29. The number of aromatic nitrogens is 2. The highest BCUT2D eigenvalue weighted by Crippen LogP contribution is 2.16. The largest absolute Gasteiger partial charge is 0.493 e. The van der Waals surface area contributed by atoms with Gasteiger partial charge in [-0.1, -0.05) is 6.92 Å². The average molecular weight is 277 g/mol. The van der Waals surface area contributed by atoms with E-state index in [4.69, 9.17) is 4.74 Å². The molecule has 0 fully saturated rings. The van der Waals surface area contributed by atoms with Crippen LogP contribution in [-0.4, -0.2) is 23.1 Å². The molecule has 0 radical (unpaired) electrons. The predicted molar refractivity (Wildman–Crippen MR) is 79.1 cm³/mol. The summed E-state index contributed by atoms with van der Waals surface area (Å²) < 4.78 is 5.75. The van der Waals surface area contributed by atoms with E-state index < -0.39 is 0 Å². The lowest BCUT2D eigenvalue weighted by Crippen LogP contribution is -2.04. The van der Waals surface area contributed by atoms with Crippen molar-refractivity contribution in [1.29, 1.82) is 0 Å². The third-order valence-corrected chi connectivity index (χ3v) is 3.73. The number of ether oxygens (including phenoxy) is 1. The van der Waals surface area contributed by atoms with Crippen molar-refractivity contribution in [2.75, 3.05) is 18.5 Å². The molecule has 2 rings (SSSR count). The van der Waals surface area contributed by atoms with Gasteiger partial charge in [0.1, 0.15) is 11.6 Å². The van der Waals surface area contributed by atoms with Crippen molar-refractivity contribution in [1.82, 2.24) is 9.97 Å². The van der Waals surface area contributed by atoms with E-state index in [9.17, 15) is 0 Å². The molecule has 0 amide bonds. The van der Waals surface area contributed by atoms with E-state index >= 15 is 0 Å². The number of nitrogens with zero attached hydrogens (tertiary/aromatic N) is 2. The van der Waals surface area contributed by atoms with Crippen LogP contribution in [0.1, 0.15) is 23.9 Å². The average Bonchev–Trinajstić information content (AvgIpc) is 2.83. The Labute approximate surface area is 117 Å². The molecule has 2 aromatic rings. The maximum absolute atomic E-state index is 5.75. The lowest BCUT2D eigenvalue weighted by Gasteiger charge is -2.08. The number of aryl methyl sites for hydroxylation is 1. The number of pyridine rings is 1. The number of nitrogens with one attached hydrogen (secondary N) is 1. The summed E-state index contributed by atoms with van der Waals surface area (Å²) in [5.41, 5.74) is 2.98. The highest BCUT2D eigenvalue weighted by molar-refractivity contribution is 7.09. The van der Waals surface area contributed by atoms with Gasteiger partial charge in [0, 0.05) is 30.1 Å². The van der Waals surface area contributed by atoms with Gasteiger partial charge in [-0.25, -0.2) is 9.97 Å². The first kappa shape index (κ1) is 13.8. The summed E-state index contributed by atoms with van der Waals surface area (Å²) in [4.78, 5) is 9.77. The van der Waals surface area contributed by atoms with Gasteiger partial charge in [0.15, 0.2) is 0 Å². The Morgan fingerprint density at radius 1 is 1.37 bits per heavy atom. The molecule has 0 saturated carbocycles. The highest BCUT2D eigenvalue weighted by Gasteiger charge is 2.02. The van der Waals surface area contributed by atoms with Crippen LogP contribution in [0.25, 0.3) is 0 Å². The van der Waals surface area contributed by atoms with Gasteiger partial charge in [0.05, 0.1) is 17.8 Å². The summed E-state index contributed by atoms with van der Waals surface area (Å²) >= 11 is 1.68. The number of rotatable bonds is 7. The van der Waals surface area contributed by atoms with E-state index in [-0.39, 0.29) is 0 Å². The quantitative estimate of drug-likeness (QED) is 0.843. The molecule has 102 valence electrons. The van der Waals surface area contributed by atoms with Crippen molar-refractivity contribution in [3.8, 4) is 5.75 Å². The number of hydrogen-bond donors (Lipinski definition) is 1. The number of anilines is 1. The Balaban J connectivity index is 1.84.